The number of hydrogen-bond acceptors (Lipinski definition) is 5. The number of ether oxygens (including phenoxy) is 1. The van der Waals surface area contributed by atoms with Crippen molar-refractivity contribution in [3.05, 3.63) is 117 Å². The van der Waals surface area contributed by atoms with Crippen LogP contribution in [0.5, 0.6) is 5.88 Å². The maximum atomic E-state index is 16.1. The zero-order valence-electron chi connectivity index (χ0n) is 25.7. The molecule has 3 aromatic heterocycles. The minimum Gasteiger partial charge on any atom is -0.481 e. The molecule has 0 aliphatic heterocycles. The fraction of sp³-hybridized carbons (Fsp3) is 0.286. The summed E-state index contributed by atoms with van der Waals surface area (Å²) in [5.74, 6) is -2.67. The number of halogens is 4. The summed E-state index contributed by atoms with van der Waals surface area (Å²) in [6.07, 6.45) is 2.13. The van der Waals surface area contributed by atoms with E-state index >= 15 is 8.78 Å². The molecule has 0 unspecified atom stereocenters. The molecule has 2 aromatic carbocycles. The van der Waals surface area contributed by atoms with E-state index in [9.17, 15) is 14.3 Å². The van der Waals surface area contributed by atoms with E-state index in [2.05, 4.69) is 15.4 Å². The fourth-order valence-corrected chi connectivity index (χ4v) is 5.64. The zero-order valence-corrected chi connectivity index (χ0v) is 26.4. The maximum absolute atomic E-state index is 16.1. The Morgan fingerprint density at radius 3 is 2.41 bits per heavy atom. The van der Waals surface area contributed by atoms with Gasteiger partial charge < -0.3 is 15.2 Å². The third kappa shape index (κ3) is 5.83. The molecule has 1 amide bonds. The first-order valence-electron chi connectivity index (χ1n) is 14.8. The summed E-state index contributed by atoms with van der Waals surface area (Å²) in [6, 6.07) is 16.5. The summed E-state index contributed by atoms with van der Waals surface area (Å²) in [7, 11) is 1.49. The van der Waals surface area contributed by atoms with Crippen molar-refractivity contribution in [1.82, 2.24) is 19.9 Å². The molecular formula is C35H32ClF3N4O3. The molecule has 1 fully saturated rings. The Morgan fingerprint density at radius 1 is 1.04 bits per heavy atom. The predicted molar refractivity (Wildman–Crippen MR) is 169 cm³/mol. The quantitative estimate of drug-likeness (QED) is 0.172. The van der Waals surface area contributed by atoms with Crippen LogP contribution in [0.15, 0.2) is 66.7 Å². The van der Waals surface area contributed by atoms with Gasteiger partial charge in [-0.1, -0.05) is 62.7 Å². The standard InChI is InChI=1S/C35H32ClF3N4O3/c1-34(2,3)24-16-29(41-32(31(24)39)23-15-25(36)27(38)17-26(23)37)35(45,21-8-6-5-7-9-21)18-40-33(44)20-12-22-14-28(19-10-11-19)42-43(22)30(13-20)46-4/h5-9,12-17,19,45H,10-11,18H2,1-4H3,(H,40,44)/t35-/m1/s1. The molecule has 0 spiro atoms. The summed E-state index contributed by atoms with van der Waals surface area (Å²) >= 11 is 5.96. The largest absolute Gasteiger partial charge is 0.481 e. The number of nitrogens with zero attached hydrogens (tertiary/aromatic N) is 3. The predicted octanol–water partition coefficient (Wildman–Crippen LogP) is 7.32. The minimum absolute atomic E-state index is 0.0573. The molecule has 1 saturated carbocycles. The molecule has 0 saturated heterocycles. The van der Waals surface area contributed by atoms with Crippen LogP contribution in [0.4, 0.5) is 13.2 Å². The molecule has 0 radical (unpaired) electrons. The Morgan fingerprint density at radius 2 is 1.76 bits per heavy atom. The number of benzene rings is 2. The summed E-state index contributed by atoms with van der Waals surface area (Å²) < 4.78 is 52.4. The van der Waals surface area contributed by atoms with Gasteiger partial charge in [-0.15, -0.1) is 0 Å². The van der Waals surface area contributed by atoms with Gasteiger partial charge in [0, 0.05) is 29.2 Å². The third-order valence-electron chi connectivity index (χ3n) is 8.22. The summed E-state index contributed by atoms with van der Waals surface area (Å²) in [5, 5.41) is 19.4. The first kappa shape index (κ1) is 31.6. The Kier molecular flexibility index (Phi) is 8.06. The molecule has 1 atom stereocenters. The van der Waals surface area contributed by atoms with Crippen molar-refractivity contribution in [2.45, 2.75) is 50.5 Å². The van der Waals surface area contributed by atoms with Crippen LogP contribution in [0.1, 0.15) is 72.4 Å². The van der Waals surface area contributed by atoms with Crippen LogP contribution in [0.2, 0.25) is 5.02 Å². The monoisotopic (exact) mass is 648 g/mol. The maximum Gasteiger partial charge on any atom is 0.251 e. The molecule has 238 valence electrons. The lowest BCUT2D eigenvalue weighted by molar-refractivity contribution is 0.0665. The highest BCUT2D eigenvalue weighted by atomic mass is 35.5. The van der Waals surface area contributed by atoms with Crippen LogP contribution >= 0.6 is 11.6 Å². The van der Waals surface area contributed by atoms with Crippen LogP contribution in [-0.4, -0.2) is 39.3 Å². The zero-order chi connectivity index (χ0) is 33.0. The van der Waals surface area contributed by atoms with Crippen LogP contribution in [0, 0.1) is 17.5 Å². The number of rotatable bonds is 8. The fourth-order valence-electron chi connectivity index (χ4n) is 5.48. The normalized spacial score (nSPS) is 14.7. The van der Waals surface area contributed by atoms with Crippen LogP contribution < -0.4 is 10.1 Å². The van der Waals surface area contributed by atoms with Crippen molar-refractivity contribution in [2.75, 3.05) is 13.7 Å². The van der Waals surface area contributed by atoms with E-state index in [0.717, 1.165) is 24.6 Å². The SMILES string of the molecule is COc1cc(C(=O)NC[C@@](O)(c2ccccc2)c2cc(C(C)(C)C)c(F)c(-c3cc(Cl)c(F)cc3F)n2)cc2cc(C3CC3)nn12. The summed E-state index contributed by atoms with van der Waals surface area (Å²) in [5.41, 5.74) is -1.37. The highest BCUT2D eigenvalue weighted by molar-refractivity contribution is 6.31. The van der Waals surface area contributed by atoms with Gasteiger partial charge in [-0.3, -0.25) is 4.79 Å². The number of pyridine rings is 2. The van der Waals surface area contributed by atoms with Gasteiger partial charge in [-0.25, -0.2) is 22.7 Å². The number of carbonyl (C=O) groups excluding carboxylic acids is 1. The molecule has 6 rings (SSSR count). The van der Waals surface area contributed by atoms with Gasteiger partial charge in [0.2, 0.25) is 5.88 Å². The topological polar surface area (TPSA) is 88.8 Å². The Hall–Kier alpha value is -4.41. The molecular weight excluding hydrogens is 617 g/mol. The van der Waals surface area contributed by atoms with Crippen LogP contribution in [-0.2, 0) is 11.0 Å². The second-order valence-corrected chi connectivity index (χ2v) is 13.0. The lowest BCUT2D eigenvalue weighted by Crippen LogP contribution is -2.42. The number of carbonyl (C=O) groups is 1. The molecule has 3 heterocycles. The van der Waals surface area contributed by atoms with Crippen molar-refractivity contribution in [3.8, 4) is 17.1 Å². The number of fused-ring (bicyclic) bond motifs is 1. The number of hydrogen-bond donors (Lipinski definition) is 2. The van der Waals surface area contributed by atoms with Crippen molar-refractivity contribution in [1.29, 1.82) is 0 Å². The molecule has 2 N–H and O–H groups in total. The molecule has 5 aromatic rings. The van der Waals surface area contributed by atoms with E-state index in [0.29, 0.717) is 28.9 Å². The van der Waals surface area contributed by atoms with Gasteiger partial charge in [0.05, 0.1) is 35.6 Å². The summed E-state index contributed by atoms with van der Waals surface area (Å²) in [6.45, 7) is 4.88. The molecule has 0 bridgehead atoms. The molecule has 1 aliphatic rings. The molecule has 1 aliphatic carbocycles. The van der Waals surface area contributed by atoms with Crippen molar-refractivity contribution < 1.29 is 27.8 Å². The van der Waals surface area contributed by atoms with Crippen molar-refractivity contribution >= 4 is 23.0 Å². The van der Waals surface area contributed by atoms with E-state index < -0.39 is 45.1 Å². The first-order chi connectivity index (χ1) is 21.8. The highest BCUT2D eigenvalue weighted by Gasteiger charge is 2.37. The number of aromatic nitrogens is 3. The van der Waals surface area contributed by atoms with E-state index in [4.69, 9.17) is 16.3 Å². The van der Waals surface area contributed by atoms with E-state index in [-0.39, 0.29) is 28.9 Å². The Balaban J connectivity index is 1.44. The molecule has 7 nitrogen and oxygen atoms in total. The number of aliphatic hydroxyl groups is 1. The first-order valence-corrected chi connectivity index (χ1v) is 15.2. The second-order valence-electron chi connectivity index (χ2n) is 12.6. The van der Waals surface area contributed by atoms with Crippen molar-refractivity contribution in [2.24, 2.45) is 0 Å². The Bertz CT molecular complexity index is 1970. The minimum atomic E-state index is -2.01. The second kappa shape index (κ2) is 11.7. The Labute approximate surface area is 269 Å². The van der Waals surface area contributed by atoms with Crippen molar-refractivity contribution in [3.63, 3.8) is 0 Å². The van der Waals surface area contributed by atoms with E-state index in [1.54, 1.807) is 67.8 Å². The van der Waals surface area contributed by atoms with Gasteiger partial charge in [0.1, 0.15) is 22.9 Å². The average molecular weight is 649 g/mol. The van der Waals surface area contributed by atoms with Gasteiger partial charge in [-0.2, -0.15) is 5.10 Å². The molecule has 11 heteroatoms. The lowest BCUT2D eigenvalue weighted by Gasteiger charge is -2.31. The van der Waals surface area contributed by atoms with Gasteiger partial charge >= 0.3 is 0 Å². The van der Waals surface area contributed by atoms with Crippen LogP contribution in [0.3, 0.4) is 0 Å². The number of methoxy groups -OCH3 is 1. The van der Waals surface area contributed by atoms with E-state index in [1.165, 1.54) is 13.2 Å². The number of amides is 1. The smallest absolute Gasteiger partial charge is 0.251 e. The average Bonchev–Trinajstić information content (AvgIpc) is 3.79. The third-order valence-corrected chi connectivity index (χ3v) is 8.51. The number of nitrogens with one attached hydrogen (secondary N) is 1. The highest BCUT2D eigenvalue weighted by Crippen LogP contribution is 2.40. The van der Waals surface area contributed by atoms with Crippen LogP contribution in [0.25, 0.3) is 16.8 Å². The lowest BCUT2D eigenvalue weighted by atomic mass is 9.82. The summed E-state index contributed by atoms with van der Waals surface area (Å²) in [4.78, 5) is 18.0. The van der Waals surface area contributed by atoms with Gasteiger partial charge in [0.25, 0.3) is 5.91 Å². The van der Waals surface area contributed by atoms with Gasteiger partial charge in [0.15, 0.2) is 5.82 Å². The van der Waals surface area contributed by atoms with Gasteiger partial charge in [-0.05, 0) is 53.6 Å². The van der Waals surface area contributed by atoms with E-state index in [1.807, 2.05) is 6.07 Å². The molecule has 46 heavy (non-hydrogen) atoms.